The fraction of sp³-hybridized carbons (Fsp3) is 0.533. The standard InChI is InChI=1S/C15H20FNO3/c1-9-13(18)7-12(8-14(19)20-2)17-15(9)10-3-5-11(16)6-4-10/h3-6,9,12-13,15,17-18H,7-8H2,1-2H3/t9-,12-,13-,15+/m1/s1. The summed E-state index contributed by atoms with van der Waals surface area (Å²) < 4.78 is 17.7. The van der Waals surface area contributed by atoms with Crippen molar-refractivity contribution in [3.63, 3.8) is 0 Å². The van der Waals surface area contributed by atoms with Gasteiger partial charge in [0.2, 0.25) is 0 Å². The number of ether oxygens (including phenoxy) is 1. The Morgan fingerprint density at radius 1 is 1.45 bits per heavy atom. The van der Waals surface area contributed by atoms with E-state index < -0.39 is 6.10 Å². The molecule has 1 aromatic rings. The predicted molar refractivity (Wildman–Crippen MR) is 72.5 cm³/mol. The Labute approximate surface area is 117 Å². The molecule has 0 aromatic heterocycles. The Kier molecular flexibility index (Phi) is 4.73. The van der Waals surface area contributed by atoms with Gasteiger partial charge in [-0.05, 0) is 24.1 Å². The summed E-state index contributed by atoms with van der Waals surface area (Å²) in [5.41, 5.74) is 0.910. The van der Waals surface area contributed by atoms with E-state index in [0.717, 1.165) is 5.56 Å². The Morgan fingerprint density at radius 3 is 2.70 bits per heavy atom. The molecule has 5 heteroatoms. The fourth-order valence-electron chi connectivity index (χ4n) is 2.70. The molecule has 0 saturated carbocycles. The zero-order valence-electron chi connectivity index (χ0n) is 11.7. The zero-order chi connectivity index (χ0) is 14.7. The normalized spacial score (nSPS) is 30.0. The molecule has 0 radical (unpaired) electrons. The van der Waals surface area contributed by atoms with Crippen LogP contribution in [0.4, 0.5) is 4.39 Å². The van der Waals surface area contributed by atoms with Gasteiger partial charge in [0.1, 0.15) is 5.82 Å². The number of rotatable bonds is 3. The molecule has 0 unspecified atom stereocenters. The van der Waals surface area contributed by atoms with Gasteiger partial charge in [-0.25, -0.2) is 4.39 Å². The van der Waals surface area contributed by atoms with Crippen LogP contribution in [-0.2, 0) is 9.53 Å². The topological polar surface area (TPSA) is 58.6 Å². The first-order valence-electron chi connectivity index (χ1n) is 6.77. The molecule has 2 N–H and O–H groups in total. The Hall–Kier alpha value is -1.46. The summed E-state index contributed by atoms with van der Waals surface area (Å²) >= 11 is 0. The van der Waals surface area contributed by atoms with E-state index in [4.69, 9.17) is 0 Å². The number of aliphatic hydroxyl groups excluding tert-OH is 1. The third-order valence-corrected chi connectivity index (χ3v) is 3.94. The highest BCUT2D eigenvalue weighted by molar-refractivity contribution is 5.69. The van der Waals surface area contributed by atoms with Crippen LogP contribution in [0.5, 0.6) is 0 Å². The molecule has 1 aliphatic heterocycles. The Bertz CT molecular complexity index is 463. The summed E-state index contributed by atoms with van der Waals surface area (Å²) in [5.74, 6) is -0.597. The number of carbonyl (C=O) groups is 1. The van der Waals surface area contributed by atoms with Crippen LogP contribution in [0.2, 0.25) is 0 Å². The quantitative estimate of drug-likeness (QED) is 0.829. The van der Waals surface area contributed by atoms with Crippen molar-refractivity contribution in [2.24, 2.45) is 5.92 Å². The first kappa shape index (κ1) is 14.9. The monoisotopic (exact) mass is 281 g/mol. The van der Waals surface area contributed by atoms with Crippen LogP contribution in [-0.4, -0.2) is 30.3 Å². The summed E-state index contributed by atoms with van der Waals surface area (Å²) in [6.45, 7) is 1.94. The van der Waals surface area contributed by atoms with Gasteiger partial charge in [0.05, 0.1) is 19.6 Å². The molecule has 1 aromatic carbocycles. The summed E-state index contributed by atoms with van der Waals surface area (Å²) in [6.07, 6.45) is 0.229. The number of halogens is 1. The fourth-order valence-corrected chi connectivity index (χ4v) is 2.70. The number of hydrogen-bond acceptors (Lipinski definition) is 4. The molecule has 1 heterocycles. The Morgan fingerprint density at radius 2 is 2.10 bits per heavy atom. The second kappa shape index (κ2) is 6.33. The molecule has 0 bridgehead atoms. The van der Waals surface area contributed by atoms with E-state index in [1.165, 1.54) is 19.2 Å². The number of aliphatic hydroxyl groups is 1. The van der Waals surface area contributed by atoms with Crippen LogP contribution in [0.1, 0.15) is 31.4 Å². The number of methoxy groups -OCH3 is 1. The van der Waals surface area contributed by atoms with E-state index in [-0.39, 0.29) is 36.2 Å². The van der Waals surface area contributed by atoms with Gasteiger partial charge in [-0.3, -0.25) is 4.79 Å². The minimum absolute atomic E-state index is 0.00522. The van der Waals surface area contributed by atoms with Gasteiger partial charge in [0.25, 0.3) is 0 Å². The van der Waals surface area contributed by atoms with Crippen molar-refractivity contribution in [3.8, 4) is 0 Å². The summed E-state index contributed by atoms with van der Waals surface area (Å²) in [6, 6.07) is 5.98. The van der Waals surface area contributed by atoms with Crippen LogP contribution in [0.3, 0.4) is 0 Å². The van der Waals surface area contributed by atoms with Crippen molar-refractivity contribution in [2.45, 2.75) is 38.0 Å². The van der Waals surface area contributed by atoms with E-state index in [0.29, 0.717) is 6.42 Å². The largest absolute Gasteiger partial charge is 0.469 e. The molecular weight excluding hydrogens is 261 g/mol. The van der Waals surface area contributed by atoms with Crippen molar-refractivity contribution < 1.29 is 19.0 Å². The van der Waals surface area contributed by atoms with Crippen molar-refractivity contribution in [2.75, 3.05) is 7.11 Å². The van der Waals surface area contributed by atoms with Crippen molar-refractivity contribution >= 4 is 5.97 Å². The molecule has 1 fully saturated rings. The van der Waals surface area contributed by atoms with E-state index in [1.54, 1.807) is 12.1 Å². The molecule has 110 valence electrons. The maximum atomic E-state index is 13.0. The maximum absolute atomic E-state index is 13.0. The SMILES string of the molecule is COC(=O)C[C@H]1C[C@@H](O)[C@@H](C)[C@@H](c2ccc(F)cc2)N1. The lowest BCUT2D eigenvalue weighted by atomic mass is 9.82. The molecule has 4 nitrogen and oxygen atoms in total. The van der Waals surface area contributed by atoms with Crippen LogP contribution in [0.15, 0.2) is 24.3 Å². The van der Waals surface area contributed by atoms with Crippen molar-refractivity contribution in [1.82, 2.24) is 5.32 Å². The molecular formula is C15H20FNO3. The van der Waals surface area contributed by atoms with Crippen molar-refractivity contribution in [1.29, 1.82) is 0 Å². The summed E-state index contributed by atoms with van der Waals surface area (Å²) in [5, 5.41) is 13.5. The summed E-state index contributed by atoms with van der Waals surface area (Å²) in [4.78, 5) is 11.4. The average molecular weight is 281 g/mol. The highest BCUT2D eigenvalue weighted by atomic mass is 19.1. The lowest BCUT2D eigenvalue weighted by molar-refractivity contribution is -0.141. The zero-order valence-corrected chi connectivity index (χ0v) is 11.7. The highest BCUT2D eigenvalue weighted by Gasteiger charge is 2.35. The van der Waals surface area contributed by atoms with E-state index in [1.807, 2.05) is 6.92 Å². The molecule has 4 atom stereocenters. The first-order valence-corrected chi connectivity index (χ1v) is 6.77. The number of nitrogens with one attached hydrogen (secondary N) is 1. The average Bonchev–Trinajstić information content (AvgIpc) is 2.43. The summed E-state index contributed by atoms with van der Waals surface area (Å²) in [7, 11) is 1.35. The molecule has 20 heavy (non-hydrogen) atoms. The lowest BCUT2D eigenvalue weighted by Gasteiger charge is -2.39. The second-order valence-corrected chi connectivity index (χ2v) is 5.34. The van der Waals surface area contributed by atoms with E-state index >= 15 is 0 Å². The molecule has 2 rings (SSSR count). The third-order valence-electron chi connectivity index (χ3n) is 3.94. The number of piperidine rings is 1. The van der Waals surface area contributed by atoms with Gasteiger partial charge in [-0.1, -0.05) is 19.1 Å². The van der Waals surface area contributed by atoms with Crippen LogP contribution in [0.25, 0.3) is 0 Å². The smallest absolute Gasteiger partial charge is 0.307 e. The minimum Gasteiger partial charge on any atom is -0.469 e. The van der Waals surface area contributed by atoms with Gasteiger partial charge in [0, 0.05) is 18.0 Å². The second-order valence-electron chi connectivity index (χ2n) is 5.34. The van der Waals surface area contributed by atoms with Crippen LogP contribution >= 0.6 is 0 Å². The van der Waals surface area contributed by atoms with Crippen molar-refractivity contribution in [3.05, 3.63) is 35.6 Å². The molecule has 0 aliphatic carbocycles. The third kappa shape index (κ3) is 3.35. The Balaban J connectivity index is 2.13. The maximum Gasteiger partial charge on any atom is 0.307 e. The molecule has 0 spiro atoms. The number of hydrogen-bond donors (Lipinski definition) is 2. The van der Waals surface area contributed by atoms with Gasteiger partial charge >= 0.3 is 5.97 Å². The molecule has 0 amide bonds. The van der Waals surface area contributed by atoms with Crippen LogP contribution < -0.4 is 5.32 Å². The predicted octanol–water partition coefficient (Wildman–Crippen LogP) is 1.79. The lowest BCUT2D eigenvalue weighted by Crippen LogP contribution is -2.48. The van der Waals surface area contributed by atoms with Crippen LogP contribution in [0, 0.1) is 11.7 Å². The first-order chi connectivity index (χ1) is 9.51. The highest BCUT2D eigenvalue weighted by Crippen LogP contribution is 2.32. The van der Waals surface area contributed by atoms with Gasteiger partial charge in [-0.2, -0.15) is 0 Å². The minimum atomic E-state index is -0.499. The number of carbonyl (C=O) groups excluding carboxylic acids is 1. The molecule has 1 aliphatic rings. The van der Waals surface area contributed by atoms with E-state index in [2.05, 4.69) is 10.1 Å². The number of esters is 1. The van der Waals surface area contributed by atoms with Gasteiger partial charge in [-0.15, -0.1) is 0 Å². The molecule has 1 saturated heterocycles. The number of benzene rings is 1. The van der Waals surface area contributed by atoms with E-state index in [9.17, 15) is 14.3 Å². The van der Waals surface area contributed by atoms with Gasteiger partial charge in [0.15, 0.2) is 0 Å². The van der Waals surface area contributed by atoms with Gasteiger partial charge < -0.3 is 15.2 Å².